The summed E-state index contributed by atoms with van der Waals surface area (Å²) in [5.74, 6) is 2.21. The first-order chi connectivity index (χ1) is 12.5. The Kier molecular flexibility index (Phi) is 6.89. The fraction of sp³-hybridized carbons (Fsp3) is 0.381. The van der Waals surface area contributed by atoms with E-state index in [4.69, 9.17) is 9.47 Å². The molecule has 2 aromatic carbocycles. The fourth-order valence-corrected chi connectivity index (χ4v) is 2.69. The molecule has 26 heavy (non-hydrogen) atoms. The number of benzene rings is 2. The van der Waals surface area contributed by atoms with Crippen molar-refractivity contribution in [2.45, 2.75) is 25.8 Å². The van der Waals surface area contributed by atoms with Gasteiger partial charge in [0.15, 0.2) is 17.5 Å². The van der Waals surface area contributed by atoms with Crippen molar-refractivity contribution in [2.24, 2.45) is 4.99 Å². The lowest BCUT2D eigenvalue weighted by Crippen LogP contribution is -2.43. The summed E-state index contributed by atoms with van der Waals surface area (Å²) in [7, 11) is 5.05. The molecular weight excluding hydrogens is 326 g/mol. The SMILES string of the molecule is CN=C(NCc1ccc(OC)c(OC)c1)NCC(C)(C)c1ccccc1. The van der Waals surface area contributed by atoms with Crippen molar-refractivity contribution in [3.8, 4) is 11.5 Å². The number of methoxy groups -OCH3 is 2. The molecule has 0 aliphatic heterocycles. The highest BCUT2D eigenvalue weighted by atomic mass is 16.5. The van der Waals surface area contributed by atoms with Crippen molar-refractivity contribution >= 4 is 5.96 Å². The Morgan fingerprint density at radius 2 is 1.65 bits per heavy atom. The number of rotatable bonds is 7. The van der Waals surface area contributed by atoms with Crippen LogP contribution in [0.4, 0.5) is 0 Å². The van der Waals surface area contributed by atoms with E-state index >= 15 is 0 Å². The minimum absolute atomic E-state index is 0.00220. The summed E-state index contributed by atoms with van der Waals surface area (Å²) in [4.78, 5) is 4.31. The number of nitrogens with zero attached hydrogens (tertiary/aromatic N) is 1. The molecule has 2 aromatic rings. The second-order valence-electron chi connectivity index (χ2n) is 6.72. The number of nitrogens with one attached hydrogen (secondary N) is 2. The molecule has 0 aliphatic carbocycles. The Bertz CT molecular complexity index is 727. The van der Waals surface area contributed by atoms with Crippen LogP contribution in [-0.2, 0) is 12.0 Å². The van der Waals surface area contributed by atoms with E-state index in [0.29, 0.717) is 6.54 Å². The zero-order chi connectivity index (χ0) is 19.0. The average Bonchev–Trinajstić information content (AvgIpc) is 2.68. The summed E-state index contributed by atoms with van der Waals surface area (Å²) in [6.07, 6.45) is 0. The third-order valence-corrected chi connectivity index (χ3v) is 4.38. The highest BCUT2D eigenvalue weighted by Crippen LogP contribution is 2.27. The monoisotopic (exact) mass is 355 g/mol. The third-order valence-electron chi connectivity index (χ3n) is 4.38. The second-order valence-corrected chi connectivity index (χ2v) is 6.72. The van der Waals surface area contributed by atoms with Gasteiger partial charge >= 0.3 is 0 Å². The Labute approximate surface area is 156 Å². The van der Waals surface area contributed by atoms with Gasteiger partial charge in [0.25, 0.3) is 0 Å². The van der Waals surface area contributed by atoms with Gasteiger partial charge in [-0.2, -0.15) is 0 Å². The van der Waals surface area contributed by atoms with Gasteiger partial charge < -0.3 is 20.1 Å². The molecule has 0 saturated carbocycles. The van der Waals surface area contributed by atoms with Crippen LogP contribution in [0.25, 0.3) is 0 Å². The van der Waals surface area contributed by atoms with Crippen molar-refractivity contribution in [2.75, 3.05) is 27.8 Å². The molecule has 0 unspecified atom stereocenters. The summed E-state index contributed by atoms with van der Waals surface area (Å²) >= 11 is 0. The highest BCUT2D eigenvalue weighted by Gasteiger charge is 2.20. The van der Waals surface area contributed by atoms with E-state index in [-0.39, 0.29) is 5.41 Å². The molecule has 2 rings (SSSR count). The maximum Gasteiger partial charge on any atom is 0.191 e. The molecule has 0 radical (unpaired) electrons. The van der Waals surface area contributed by atoms with Crippen LogP contribution in [0, 0.1) is 0 Å². The third kappa shape index (κ3) is 5.15. The van der Waals surface area contributed by atoms with Crippen LogP contribution in [0.3, 0.4) is 0 Å². The van der Waals surface area contributed by atoms with E-state index in [9.17, 15) is 0 Å². The predicted octanol–water partition coefficient (Wildman–Crippen LogP) is 3.35. The predicted molar refractivity (Wildman–Crippen MR) is 107 cm³/mol. The van der Waals surface area contributed by atoms with Gasteiger partial charge in [0.1, 0.15) is 0 Å². The number of aliphatic imine (C=N–C) groups is 1. The van der Waals surface area contributed by atoms with Gasteiger partial charge in [-0.25, -0.2) is 0 Å². The summed E-state index contributed by atoms with van der Waals surface area (Å²) < 4.78 is 10.6. The average molecular weight is 355 g/mol. The maximum atomic E-state index is 5.35. The topological polar surface area (TPSA) is 54.9 Å². The van der Waals surface area contributed by atoms with Crippen molar-refractivity contribution in [1.82, 2.24) is 10.6 Å². The molecule has 0 aromatic heterocycles. The molecule has 0 heterocycles. The normalized spacial score (nSPS) is 11.8. The molecule has 5 heteroatoms. The van der Waals surface area contributed by atoms with E-state index in [2.05, 4.69) is 53.7 Å². The van der Waals surface area contributed by atoms with Crippen LogP contribution in [-0.4, -0.2) is 33.8 Å². The van der Waals surface area contributed by atoms with Crippen molar-refractivity contribution in [3.05, 3.63) is 59.7 Å². The van der Waals surface area contributed by atoms with E-state index in [0.717, 1.165) is 29.6 Å². The van der Waals surface area contributed by atoms with Gasteiger partial charge in [-0.3, -0.25) is 4.99 Å². The molecule has 0 bridgehead atoms. The van der Waals surface area contributed by atoms with Crippen molar-refractivity contribution in [3.63, 3.8) is 0 Å². The van der Waals surface area contributed by atoms with Gasteiger partial charge in [-0.15, -0.1) is 0 Å². The van der Waals surface area contributed by atoms with Gasteiger partial charge in [0.2, 0.25) is 0 Å². The molecule has 0 atom stereocenters. The molecule has 5 nitrogen and oxygen atoms in total. The zero-order valence-electron chi connectivity index (χ0n) is 16.3. The van der Waals surface area contributed by atoms with Crippen LogP contribution in [0.1, 0.15) is 25.0 Å². The van der Waals surface area contributed by atoms with Crippen LogP contribution < -0.4 is 20.1 Å². The van der Waals surface area contributed by atoms with Crippen LogP contribution in [0.2, 0.25) is 0 Å². The minimum Gasteiger partial charge on any atom is -0.493 e. The smallest absolute Gasteiger partial charge is 0.191 e. The summed E-state index contributed by atoms with van der Waals surface area (Å²) in [5.41, 5.74) is 2.39. The molecule has 2 N–H and O–H groups in total. The Morgan fingerprint density at radius 3 is 2.27 bits per heavy atom. The lowest BCUT2D eigenvalue weighted by molar-refractivity contribution is 0.354. The molecule has 0 fully saturated rings. The number of guanidine groups is 1. The molecule has 0 saturated heterocycles. The molecular formula is C21H29N3O2. The highest BCUT2D eigenvalue weighted by molar-refractivity contribution is 5.79. The van der Waals surface area contributed by atoms with Gasteiger partial charge in [0, 0.05) is 25.6 Å². The maximum absolute atomic E-state index is 5.35. The zero-order valence-corrected chi connectivity index (χ0v) is 16.3. The number of hydrogen-bond acceptors (Lipinski definition) is 3. The Morgan fingerprint density at radius 1 is 0.962 bits per heavy atom. The van der Waals surface area contributed by atoms with Gasteiger partial charge in [-0.05, 0) is 23.3 Å². The first-order valence-electron chi connectivity index (χ1n) is 8.71. The Balaban J connectivity index is 1.94. The van der Waals surface area contributed by atoms with E-state index in [1.54, 1.807) is 21.3 Å². The van der Waals surface area contributed by atoms with Crippen LogP contribution >= 0.6 is 0 Å². The van der Waals surface area contributed by atoms with Crippen LogP contribution in [0.15, 0.2) is 53.5 Å². The number of ether oxygens (including phenoxy) is 2. The summed E-state index contributed by atoms with van der Waals surface area (Å²) in [6, 6.07) is 16.4. The lowest BCUT2D eigenvalue weighted by atomic mass is 9.85. The van der Waals surface area contributed by atoms with E-state index in [1.165, 1.54) is 5.56 Å². The summed E-state index contributed by atoms with van der Waals surface area (Å²) in [5, 5.41) is 6.75. The lowest BCUT2D eigenvalue weighted by Gasteiger charge is -2.26. The van der Waals surface area contributed by atoms with Gasteiger partial charge in [-0.1, -0.05) is 50.2 Å². The fourth-order valence-electron chi connectivity index (χ4n) is 2.69. The van der Waals surface area contributed by atoms with E-state index in [1.807, 2.05) is 24.3 Å². The molecule has 0 spiro atoms. The molecule has 0 aliphatic rings. The van der Waals surface area contributed by atoms with Gasteiger partial charge in [0.05, 0.1) is 14.2 Å². The van der Waals surface area contributed by atoms with E-state index < -0.39 is 0 Å². The van der Waals surface area contributed by atoms with Crippen molar-refractivity contribution in [1.29, 1.82) is 0 Å². The first-order valence-corrected chi connectivity index (χ1v) is 8.71. The van der Waals surface area contributed by atoms with Crippen molar-refractivity contribution < 1.29 is 9.47 Å². The summed E-state index contributed by atoms with van der Waals surface area (Å²) in [6.45, 7) is 5.86. The van der Waals surface area contributed by atoms with Crippen LogP contribution in [0.5, 0.6) is 11.5 Å². The number of hydrogen-bond donors (Lipinski definition) is 2. The minimum atomic E-state index is 0.00220. The second kappa shape index (κ2) is 9.13. The molecule has 140 valence electrons. The largest absolute Gasteiger partial charge is 0.493 e. The molecule has 0 amide bonds. The first kappa shape index (κ1) is 19.6. The quantitative estimate of drug-likeness (QED) is 0.591. The Hall–Kier alpha value is -2.69. The standard InChI is InChI=1S/C21H29N3O2/c1-21(2,17-9-7-6-8-10-17)15-24-20(22-3)23-14-16-11-12-18(25-4)19(13-16)26-5/h6-13H,14-15H2,1-5H3,(H2,22,23,24).